The molecule has 1 aliphatic heterocycles. The lowest BCUT2D eigenvalue weighted by molar-refractivity contribution is -0.141. The van der Waals surface area contributed by atoms with Crippen molar-refractivity contribution in [1.82, 2.24) is 0 Å². The van der Waals surface area contributed by atoms with Crippen molar-refractivity contribution < 1.29 is 27.8 Å². The van der Waals surface area contributed by atoms with Crippen LogP contribution in [-0.2, 0) is 14.0 Å². The second kappa shape index (κ2) is 8.68. The monoisotopic (exact) mass is 420 g/mol. The second-order valence-corrected chi connectivity index (χ2v) is 10.8. The van der Waals surface area contributed by atoms with Crippen molar-refractivity contribution >= 4 is 16.5 Å². The molecule has 2 aliphatic rings. The number of carbonyl (C=O) groups is 1. The van der Waals surface area contributed by atoms with E-state index in [0.717, 1.165) is 0 Å². The molecular formula is C21H38F2O4Si. The standard InChI is InChI=1S/C21H38F2O4Si/c1-19(2,3)17(21(22,23)10-9-20(4,5)27-28)8-6-7-13-14-11-18(25)26-16(14)12-15(13)24/h13-17,24H,6-12H2,1-5,28H3/t13-,14-,15-,16+,17?/m1/s1. The highest BCUT2D eigenvalue weighted by molar-refractivity contribution is 5.98. The molecule has 0 spiro atoms. The van der Waals surface area contributed by atoms with Gasteiger partial charge in [0, 0.05) is 30.3 Å². The van der Waals surface area contributed by atoms with E-state index >= 15 is 8.78 Å². The molecule has 2 rings (SSSR count). The highest BCUT2D eigenvalue weighted by Gasteiger charge is 2.50. The van der Waals surface area contributed by atoms with Crippen LogP contribution in [0.15, 0.2) is 0 Å². The van der Waals surface area contributed by atoms with E-state index in [9.17, 15) is 9.90 Å². The molecule has 2 fully saturated rings. The first kappa shape index (κ1) is 23.7. The van der Waals surface area contributed by atoms with Crippen LogP contribution in [0.5, 0.6) is 0 Å². The fourth-order valence-electron chi connectivity index (χ4n) is 4.96. The lowest BCUT2D eigenvalue weighted by atomic mass is 9.72. The zero-order valence-electron chi connectivity index (χ0n) is 18.3. The average molecular weight is 421 g/mol. The summed E-state index contributed by atoms with van der Waals surface area (Å²) in [4.78, 5) is 11.5. The SMILES string of the molecule is CC(C)(CCC(F)(F)C(CCC[C@@H]1[C@H]2CC(=O)O[C@H]2C[C@H]1O)C(C)(C)C)O[SiH3]. The summed E-state index contributed by atoms with van der Waals surface area (Å²) in [6, 6.07) is 0. The summed E-state index contributed by atoms with van der Waals surface area (Å²) in [7, 11) is 0.537. The quantitative estimate of drug-likeness (QED) is 0.457. The van der Waals surface area contributed by atoms with E-state index in [0.29, 0.717) is 49.0 Å². The third kappa shape index (κ3) is 5.76. The molecule has 5 atom stereocenters. The number of hydrogen-bond donors (Lipinski definition) is 1. The van der Waals surface area contributed by atoms with Gasteiger partial charge in [-0.05, 0) is 44.4 Å². The van der Waals surface area contributed by atoms with Gasteiger partial charge in [-0.2, -0.15) is 0 Å². The predicted octanol–water partition coefficient (Wildman–Crippen LogP) is 3.62. The number of fused-ring (bicyclic) bond motifs is 1. The smallest absolute Gasteiger partial charge is 0.306 e. The summed E-state index contributed by atoms with van der Waals surface area (Å²) in [6.45, 7) is 9.37. The van der Waals surface area contributed by atoms with Crippen LogP contribution in [0.4, 0.5) is 8.78 Å². The van der Waals surface area contributed by atoms with Crippen molar-refractivity contribution in [3.05, 3.63) is 0 Å². The normalized spacial score (nSPS) is 29.8. The minimum Gasteiger partial charge on any atom is -0.462 e. The summed E-state index contributed by atoms with van der Waals surface area (Å²) in [5.41, 5.74) is -1.02. The molecule has 0 aromatic heterocycles. The first-order valence-corrected chi connectivity index (χ1v) is 11.4. The van der Waals surface area contributed by atoms with Crippen molar-refractivity contribution in [2.45, 2.75) is 103 Å². The first-order valence-electron chi connectivity index (χ1n) is 10.6. The molecule has 164 valence electrons. The van der Waals surface area contributed by atoms with Crippen molar-refractivity contribution in [3.8, 4) is 0 Å². The van der Waals surface area contributed by atoms with Gasteiger partial charge in [0.1, 0.15) is 16.6 Å². The van der Waals surface area contributed by atoms with Crippen molar-refractivity contribution in [2.75, 3.05) is 0 Å². The number of aliphatic hydroxyl groups is 1. The van der Waals surface area contributed by atoms with Gasteiger partial charge in [0.15, 0.2) is 0 Å². The van der Waals surface area contributed by atoms with Gasteiger partial charge in [0.2, 0.25) is 0 Å². The van der Waals surface area contributed by atoms with Gasteiger partial charge in [-0.1, -0.05) is 27.2 Å². The van der Waals surface area contributed by atoms with Crippen LogP contribution in [0.25, 0.3) is 0 Å². The maximum absolute atomic E-state index is 15.1. The van der Waals surface area contributed by atoms with Gasteiger partial charge in [-0.15, -0.1) is 0 Å². The Morgan fingerprint density at radius 1 is 1.25 bits per heavy atom. The first-order chi connectivity index (χ1) is 12.8. The summed E-state index contributed by atoms with van der Waals surface area (Å²) in [5.74, 6) is -3.68. The molecule has 1 saturated carbocycles. The molecule has 28 heavy (non-hydrogen) atoms. The highest BCUT2D eigenvalue weighted by Crippen LogP contribution is 2.47. The maximum Gasteiger partial charge on any atom is 0.306 e. The summed E-state index contributed by atoms with van der Waals surface area (Å²) >= 11 is 0. The van der Waals surface area contributed by atoms with Gasteiger partial charge in [-0.25, -0.2) is 8.78 Å². The predicted molar refractivity (Wildman–Crippen MR) is 108 cm³/mol. The van der Waals surface area contributed by atoms with Crippen LogP contribution >= 0.6 is 0 Å². The average Bonchev–Trinajstić information content (AvgIpc) is 3.04. The van der Waals surface area contributed by atoms with E-state index in [4.69, 9.17) is 9.16 Å². The topological polar surface area (TPSA) is 55.8 Å². The van der Waals surface area contributed by atoms with Gasteiger partial charge in [0.05, 0.1) is 12.5 Å². The van der Waals surface area contributed by atoms with Crippen LogP contribution in [0, 0.1) is 23.2 Å². The maximum atomic E-state index is 15.1. The lowest BCUT2D eigenvalue weighted by Crippen LogP contribution is -2.39. The minimum atomic E-state index is -2.77. The fourth-order valence-corrected chi connectivity index (χ4v) is 5.17. The van der Waals surface area contributed by atoms with Gasteiger partial charge in [-0.3, -0.25) is 4.79 Å². The van der Waals surface area contributed by atoms with Gasteiger partial charge >= 0.3 is 5.97 Å². The number of halogens is 2. The zero-order chi connectivity index (χ0) is 21.3. The molecule has 1 heterocycles. The molecular weight excluding hydrogens is 382 g/mol. The lowest BCUT2D eigenvalue weighted by Gasteiger charge is -2.38. The van der Waals surface area contributed by atoms with E-state index in [1.165, 1.54) is 0 Å². The molecule has 1 aliphatic carbocycles. The van der Waals surface area contributed by atoms with Crippen LogP contribution in [0.3, 0.4) is 0 Å². The molecule has 4 nitrogen and oxygen atoms in total. The number of aliphatic hydroxyl groups excluding tert-OH is 1. The third-order valence-corrected chi connectivity index (χ3v) is 7.98. The Balaban J connectivity index is 1.96. The van der Waals surface area contributed by atoms with Crippen molar-refractivity contribution in [1.29, 1.82) is 0 Å². The molecule has 0 radical (unpaired) electrons. The van der Waals surface area contributed by atoms with Crippen LogP contribution < -0.4 is 0 Å². The molecule has 1 unspecified atom stereocenters. The highest BCUT2D eigenvalue weighted by atomic mass is 28.2. The Labute approximate surface area is 171 Å². The number of alkyl halides is 2. The van der Waals surface area contributed by atoms with Crippen molar-refractivity contribution in [2.24, 2.45) is 23.2 Å². The van der Waals surface area contributed by atoms with Crippen molar-refractivity contribution in [3.63, 3.8) is 0 Å². The van der Waals surface area contributed by atoms with E-state index in [1.807, 2.05) is 34.6 Å². The fraction of sp³-hybridized carbons (Fsp3) is 0.952. The van der Waals surface area contributed by atoms with Gasteiger partial charge in [0.25, 0.3) is 5.92 Å². The molecule has 1 N–H and O–H groups in total. The Kier molecular flexibility index (Phi) is 7.36. The number of rotatable bonds is 9. The molecule has 0 amide bonds. The van der Waals surface area contributed by atoms with E-state index in [-0.39, 0.29) is 30.3 Å². The number of esters is 1. The Hall–Kier alpha value is -0.533. The Morgan fingerprint density at radius 3 is 2.46 bits per heavy atom. The minimum absolute atomic E-state index is 0.0249. The van der Waals surface area contributed by atoms with Crippen LogP contribution in [-0.4, -0.2) is 45.3 Å². The largest absolute Gasteiger partial charge is 0.462 e. The molecule has 1 saturated heterocycles. The van der Waals surface area contributed by atoms with E-state index in [2.05, 4.69) is 0 Å². The van der Waals surface area contributed by atoms with E-state index < -0.39 is 29.0 Å². The van der Waals surface area contributed by atoms with Crippen LogP contribution in [0.1, 0.15) is 79.6 Å². The number of ether oxygens (including phenoxy) is 1. The Morgan fingerprint density at radius 2 is 1.89 bits per heavy atom. The second-order valence-electron chi connectivity index (χ2n) is 10.4. The molecule has 0 aromatic rings. The molecule has 0 aromatic carbocycles. The molecule has 7 heteroatoms. The third-order valence-electron chi connectivity index (χ3n) is 6.88. The summed E-state index contributed by atoms with van der Waals surface area (Å²) in [5, 5.41) is 10.3. The summed E-state index contributed by atoms with van der Waals surface area (Å²) in [6.07, 6.45) is 2.00. The molecule has 0 bridgehead atoms. The van der Waals surface area contributed by atoms with Gasteiger partial charge < -0.3 is 14.3 Å². The van der Waals surface area contributed by atoms with Crippen LogP contribution in [0.2, 0.25) is 0 Å². The Bertz CT molecular complexity index is 547. The zero-order valence-corrected chi connectivity index (χ0v) is 20.3. The summed E-state index contributed by atoms with van der Waals surface area (Å²) < 4.78 is 41.0. The van der Waals surface area contributed by atoms with E-state index in [1.54, 1.807) is 0 Å². The number of carbonyl (C=O) groups excluding carboxylic acids is 1. The number of hydrogen-bond acceptors (Lipinski definition) is 4.